The minimum Gasteiger partial charge on any atom is -0.377 e. The third-order valence-corrected chi connectivity index (χ3v) is 6.48. The molecule has 4 rings (SSSR count). The number of nitrogens with zero attached hydrogens (tertiary/aromatic N) is 2. The molecule has 5 nitrogen and oxygen atoms in total. The van der Waals surface area contributed by atoms with E-state index in [9.17, 15) is 0 Å². The molecule has 0 radical (unpaired) electrons. The van der Waals surface area contributed by atoms with Gasteiger partial charge in [-0.1, -0.05) is 38.1 Å². The van der Waals surface area contributed by atoms with Gasteiger partial charge < -0.3 is 20.3 Å². The first-order chi connectivity index (χ1) is 13.6. The van der Waals surface area contributed by atoms with Crippen LogP contribution < -0.4 is 15.5 Å². The minimum atomic E-state index is 0. The zero-order chi connectivity index (χ0) is 19.6. The number of nitrogens with one attached hydrogen (secondary N) is 2. The molecule has 3 unspecified atom stereocenters. The van der Waals surface area contributed by atoms with Gasteiger partial charge in [-0.15, -0.1) is 24.0 Å². The highest BCUT2D eigenvalue weighted by atomic mass is 127. The van der Waals surface area contributed by atoms with Crippen molar-refractivity contribution in [1.29, 1.82) is 0 Å². The third-order valence-electron chi connectivity index (χ3n) is 6.48. The third kappa shape index (κ3) is 4.74. The Morgan fingerprint density at radius 2 is 2.07 bits per heavy atom. The zero-order valence-electron chi connectivity index (χ0n) is 17.9. The van der Waals surface area contributed by atoms with Gasteiger partial charge in [-0.25, -0.2) is 4.99 Å². The van der Waals surface area contributed by atoms with E-state index >= 15 is 0 Å². The molecular formula is C23H35IN4O. The van der Waals surface area contributed by atoms with Gasteiger partial charge in [-0.2, -0.15) is 0 Å². The van der Waals surface area contributed by atoms with Crippen LogP contribution in [-0.4, -0.2) is 44.3 Å². The average Bonchev–Trinajstić information content (AvgIpc) is 3.25. The molecule has 0 aromatic heterocycles. The molecule has 0 spiro atoms. The largest absolute Gasteiger partial charge is 0.377 e. The second-order valence-electron chi connectivity index (χ2n) is 8.78. The monoisotopic (exact) mass is 510 g/mol. The maximum Gasteiger partial charge on any atom is 0.191 e. The van der Waals surface area contributed by atoms with Crippen LogP contribution in [0.25, 0.3) is 0 Å². The Hall–Kier alpha value is -1.28. The van der Waals surface area contributed by atoms with E-state index in [1.165, 1.54) is 24.1 Å². The zero-order valence-corrected chi connectivity index (χ0v) is 20.2. The number of anilines is 1. The fourth-order valence-electron chi connectivity index (χ4n) is 4.99. The number of ether oxygens (including phenoxy) is 1. The lowest BCUT2D eigenvalue weighted by Gasteiger charge is -2.60. The first-order valence-electron chi connectivity index (χ1n) is 10.7. The predicted octanol–water partition coefficient (Wildman–Crippen LogP) is 3.94. The van der Waals surface area contributed by atoms with Crippen molar-refractivity contribution in [2.24, 2.45) is 16.3 Å². The highest BCUT2D eigenvalue weighted by molar-refractivity contribution is 14.0. The van der Waals surface area contributed by atoms with Crippen LogP contribution in [0.1, 0.15) is 39.2 Å². The van der Waals surface area contributed by atoms with E-state index in [0.29, 0.717) is 24.6 Å². The number of benzene rings is 1. The number of rotatable bonds is 5. The molecule has 1 aliphatic carbocycles. The fourth-order valence-corrected chi connectivity index (χ4v) is 4.99. The summed E-state index contributed by atoms with van der Waals surface area (Å²) in [4.78, 5) is 7.27. The molecule has 1 saturated carbocycles. The van der Waals surface area contributed by atoms with Crippen molar-refractivity contribution in [3.63, 3.8) is 0 Å². The van der Waals surface area contributed by atoms with Gasteiger partial charge in [0.15, 0.2) is 5.96 Å². The van der Waals surface area contributed by atoms with Crippen LogP contribution in [0.2, 0.25) is 0 Å². The lowest BCUT2D eigenvalue weighted by Crippen LogP contribution is -2.71. The maximum absolute atomic E-state index is 6.05. The van der Waals surface area contributed by atoms with E-state index in [4.69, 9.17) is 9.73 Å². The highest BCUT2D eigenvalue weighted by Gasteiger charge is 2.58. The van der Waals surface area contributed by atoms with E-state index < -0.39 is 0 Å². The lowest BCUT2D eigenvalue weighted by molar-refractivity contribution is -0.188. The predicted molar refractivity (Wildman–Crippen MR) is 131 cm³/mol. The van der Waals surface area contributed by atoms with E-state index in [1.54, 1.807) is 0 Å². The van der Waals surface area contributed by atoms with E-state index in [2.05, 4.69) is 72.7 Å². The van der Waals surface area contributed by atoms with E-state index in [1.807, 2.05) is 0 Å². The fraction of sp³-hybridized carbons (Fsp3) is 0.609. The number of hydrogen-bond acceptors (Lipinski definition) is 3. The molecule has 6 heteroatoms. The van der Waals surface area contributed by atoms with Crippen molar-refractivity contribution < 1.29 is 4.74 Å². The normalized spacial score (nSPS) is 27.6. The molecule has 0 amide bonds. The van der Waals surface area contributed by atoms with E-state index in [0.717, 1.165) is 32.2 Å². The Kier molecular flexibility index (Phi) is 7.48. The quantitative estimate of drug-likeness (QED) is 0.273. The standard InChI is InChI=1S/C23H34N4O.HI/c1-4-24-22(26-20-19-11-8-14-28-21(19)23(20,2)3)25-16-17-9-7-10-18(15-17)27-12-5-6-13-27;/h5-7,9-10,15,19-21H,4,8,11-14,16H2,1-3H3,(H2,24,25,26);1H. The van der Waals surface area contributed by atoms with Gasteiger partial charge in [0.1, 0.15) is 0 Å². The number of fused-ring (bicyclic) bond motifs is 1. The summed E-state index contributed by atoms with van der Waals surface area (Å²) in [7, 11) is 0. The van der Waals surface area contributed by atoms with Crippen LogP contribution in [-0.2, 0) is 11.3 Å². The topological polar surface area (TPSA) is 48.9 Å². The molecule has 1 saturated heterocycles. The van der Waals surface area contributed by atoms with Gasteiger partial charge in [0.2, 0.25) is 0 Å². The Balaban J connectivity index is 0.00000240. The molecule has 2 N–H and O–H groups in total. The number of hydrogen-bond donors (Lipinski definition) is 2. The van der Waals surface area contributed by atoms with Gasteiger partial charge in [-0.05, 0) is 37.5 Å². The Labute approximate surface area is 192 Å². The van der Waals surface area contributed by atoms with Gasteiger partial charge in [0, 0.05) is 49.3 Å². The van der Waals surface area contributed by atoms with Crippen molar-refractivity contribution in [3.8, 4) is 0 Å². The lowest BCUT2D eigenvalue weighted by atomic mass is 9.55. The van der Waals surface area contributed by atoms with Gasteiger partial charge in [0.05, 0.1) is 12.6 Å². The molecule has 3 aliphatic rings. The summed E-state index contributed by atoms with van der Waals surface area (Å²) in [6.07, 6.45) is 7.24. The molecule has 0 bridgehead atoms. The first kappa shape index (κ1) is 22.4. The minimum absolute atomic E-state index is 0. The molecule has 160 valence electrons. The summed E-state index contributed by atoms with van der Waals surface area (Å²) < 4.78 is 6.05. The first-order valence-corrected chi connectivity index (χ1v) is 10.7. The van der Waals surface area contributed by atoms with Crippen molar-refractivity contribution >= 4 is 35.6 Å². The highest BCUT2D eigenvalue weighted by Crippen LogP contribution is 2.51. The number of halogens is 1. The van der Waals surface area contributed by atoms with Crippen molar-refractivity contribution in [3.05, 3.63) is 42.0 Å². The van der Waals surface area contributed by atoms with Crippen LogP contribution in [0, 0.1) is 11.3 Å². The molecule has 2 heterocycles. The number of guanidine groups is 1. The smallest absolute Gasteiger partial charge is 0.191 e. The molecule has 1 aromatic carbocycles. The maximum atomic E-state index is 6.05. The van der Waals surface area contributed by atoms with Crippen LogP contribution in [0.3, 0.4) is 0 Å². The van der Waals surface area contributed by atoms with Crippen molar-refractivity contribution in [2.45, 2.75) is 52.3 Å². The van der Waals surface area contributed by atoms with Crippen LogP contribution in [0.4, 0.5) is 5.69 Å². The molecule has 2 fully saturated rings. The van der Waals surface area contributed by atoms with Gasteiger partial charge in [0.25, 0.3) is 0 Å². The van der Waals surface area contributed by atoms with Gasteiger partial charge >= 0.3 is 0 Å². The number of aliphatic imine (C=N–C) groups is 1. The summed E-state index contributed by atoms with van der Waals surface area (Å²) in [6, 6.07) is 9.16. The summed E-state index contributed by atoms with van der Waals surface area (Å²) in [6.45, 7) is 11.2. The van der Waals surface area contributed by atoms with Crippen molar-refractivity contribution in [1.82, 2.24) is 10.6 Å². The van der Waals surface area contributed by atoms with Gasteiger partial charge in [-0.3, -0.25) is 0 Å². The van der Waals surface area contributed by atoms with Crippen LogP contribution in [0.5, 0.6) is 0 Å². The SMILES string of the molecule is CCNC(=NCc1cccc(N2CC=CC2)c1)NC1C2CCCOC2C1(C)C.I. The van der Waals surface area contributed by atoms with Crippen molar-refractivity contribution in [2.75, 3.05) is 31.1 Å². The summed E-state index contributed by atoms with van der Waals surface area (Å²) in [5, 5.41) is 7.15. The summed E-state index contributed by atoms with van der Waals surface area (Å²) in [5.74, 6) is 1.51. The summed E-state index contributed by atoms with van der Waals surface area (Å²) in [5.41, 5.74) is 2.66. The molecular weight excluding hydrogens is 475 g/mol. The molecule has 1 aromatic rings. The van der Waals surface area contributed by atoms with E-state index in [-0.39, 0.29) is 29.4 Å². The van der Waals surface area contributed by atoms with Crippen LogP contribution >= 0.6 is 24.0 Å². The average molecular weight is 510 g/mol. The molecule has 29 heavy (non-hydrogen) atoms. The summed E-state index contributed by atoms with van der Waals surface area (Å²) >= 11 is 0. The molecule has 2 aliphatic heterocycles. The molecule has 3 atom stereocenters. The second-order valence-corrected chi connectivity index (χ2v) is 8.78. The Bertz CT molecular complexity index is 740. The van der Waals surface area contributed by atoms with Crippen LogP contribution in [0.15, 0.2) is 41.4 Å². The Morgan fingerprint density at radius 3 is 2.83 bits per heavy atom. The Morgan fingerprint density at radius 1 is 1.28 bits per heavy atom. The second kappa shape index (κ2) is 9.69.